The smallest absolute Gasteiger partial charge is 0.273 e. The van der Waals surface area contributed by atoms with Gasteiger partial charge in [-0.25, -0.2) is 0 Å². The minimum atomic E-state index is -0.179. The number of aryl methyl sites for hydroxylation is 2. The second-order valence-electron chi connectivity index (χ2n) is 3.17. The predicted octanol–water partition coefficient (Wildman–Crippen LogP) is 1.31. The van der Waals surface area contributed by atoms with Crippen molar-refractivity contribution in [2.24, 2.45) is 0 Å². The van der Waals surface area contributed by atoms with Crippen molar-refractivity contribution in [2.75, 3.05) is 0 Å². The molecule has 0 unspecified atom stereocenters. The van der Waals surface area contributed by atoms with Crippen molar-refractivity contribution < 1.29 is 0 Å². The van der Waals surface area contributed by atoms with E-state index in [-0.39, 0.29) is 5.56 Å². The van der Waals surface area contributed by atoms with Crippen molar-refractivity contribution in [3.63, 3.8) is 0 Å². The van der Waals surface area contributed by atoms with E-state index in [1.165, 1.54) is 6.07 Å². The summed E-state index contributed by atoms with van der Waals surface area (Å²) in [6.45, 7) is 3.91. The molecule has 0 N–H and O–H groups in total. The third-order valence-corrected chi connectivity index (χ3v) is 2.01. The maximum atomic E-state index is 11.1. The highest BCUT2D eigenvalue weighted by Crippen LogP contribution is 2.03. The second-order valence-corrected chi connectivity index (χ2v) is 3.17. The highest BCUT2D eigenvalue weighted by atomic mass is 16.1. The minimum absolute atomic E-state index is 0.179. The van der Waals surface area contributed by atoms with Crippen LogP contribution in [0, 0.1) is 13.8 Å². The SMILES string of the molecule is Cc1ccc2nc(=O)cc(C)n2c1. The molecular formula is C10H10N2O. The quantitative estimate of drug-likeness (QED) is 0.603. The molecule has 2 aromatic heterocycles. The molecule has 0 spiro atoms. The van der Waals surface area contributed by atoms with Crippen LogP contribution in [0.1, 0.15) is 11.3 Å². The molecule has 2 aromatic rings. The summed E-state index contributed by atoms with van der Waals surface area (Å²) in [5.74, 6) is 0. The number of nitrogens with zero attached hydrogens (tertiary/aromatic N) is 2. The highest BCUT2D eigenvalue weighted by Gasteiger charge is 1.97. The third-order valence-electron chi connectivity index (χ3n) is 2.01. The van der Waals surface area contributed by atoms with E-state index in [4.69, 9.17) is 0 Å². The van der Waals surface area contributed by atoms with Gasteiger partial charge < -0.3 is 4.40 Å². The number of aromatic nitrogens is 2. The number of fused-ring (bicyclic) bond motifs is 1. The molecule has 0 radical (unpaired) electrons. The van der Waals surface area contributed by atoms with Crippen LogP contribution < -0.4 is 5.56 Å². The molecule has 0 aliphatic carbocycles. The van der Waals surface area contributed by atoms with Crippen LogP contribution in [0.15, 0.2) is 29.2 Å². The van der Waals surface area contributed by atoms with Gasteiger partial charge in [-0.2, -0.15) is 4.98 Å². The molecule has 0 aromatic carbocycles. The summed E-state index contributed by atoms with van der Waals surface area (Å²) < 4.78 is 1.91. The Kier molecular flexibility index (Phi) is 1.65. The Bertz CT molecular complexity index is 514. The molecule has 13 heavy (non-hydrogen) atoms. The average molecular weight is 174 g/mol. The van der Waals surface area contributed by atoms with Crippen LogP contribution in [-0.4, -0.2) is 9.38 Å². The van der Waals surface area contributed by atoms with Crippen molar-refractivity contribution in [2.45, 2.75) is 13.8 Å². The van der Waals surface area contributed by atoms with E-state index in [2.05, 4.69) is 4.98 Å². The Balaban J connectivity index is 2.95. The van der Waals surface area contributed by atoms with E-state index in [1.807, 2.05) is 36.6 Å². The first kappa shape index (κ1) is 7.98. The largest absolute Gasteiger partial charge is 0.305 e. The first-order valence-electron chi connectivity index (χ1n) is 4.13. The van der Waals surface area contributed by atoms with Gasteiger partial charge in [0.05, 0.1) is 0 Å². The van der Waals surface area contributed by atoms with E-state index >= 15 is 0 Å². The monoisotopic (exact) mass is 174 g/mol. The van der Waals surface area contributed by atoms with Gasteiger partial charge in [-0.3, -0.25) is 4.79 Å². The fourth-order valence-corrected chi connectivity index (χ4v) is 1.37. The van der Waals surface area contributed by atoms with Crippen LogP contribution in [0.4, 0.5) is 0 Å². The molecule has 2 rings (SSSR count). The summed E-state index contributed by atoms with van der Waals surface area (Å²) >= 11 is 0. The van der Waals surface area contributed by atoms with Crippen molar-refractivity contribution >= 4 is 5.65 Å². The summed E-state index contributed by atoms with van der Waals surface area (Å²) in [6.07, 6.45) is 1.97. The Morgan fingerprint density at radius 2 is 2.08 bits per heavy atom. The molecule has 0 aliphatic rings. The normalized spacial score (nSPS) is 10.6. The molecule has 0 bridgehead atoms. The van der Waals surface area contributed by atoms with Crippen LogP contribution in [0.3, 0.4) is 0 Å². The number of hydrogen-bond acceptors (Lipinski definition) is 2. The Hall–Kier alpha value is -1.64. The van der Waals surface area contributed by atoms with Crippen molar-refractivity contribution in [1.82, 2.24) is 9.38 Å². The maximum Gasteiger partial charge on any atom is 0.273 e. The molecule has 0 amide bonds. The fraction of sp³-hybridized carbons (Fsp3) is 0.200. The van der Waals surface area contributed by atoms with Gasteiger partial charge in [0.25, 0.3) is 5.56 Å². The van der Waals surface area contributed by atoms with E-state index < -0.39 is 0 Å². The topological polar surface area (TPSA) is 34.4 Å². The summed E-state index contributed by atoms with van der Waals surface area (Å²) in [5, 5.41) is 0. The number of hydrogen-bond donors (Lipinski definition) is 0. The van der Waals surface area contributed by atoms with Gasteiger partial charge >= 0.3 is 0 Å². The first-order valence-corrected chi connectivity index (χ1v) is 4.13. The third kappa shape index (κ3) is 1.33. The minimum Gasteiger partial charge on any atom is -0.305 e. The Labute approximate surface area is 75.7 Å². The zero-order valence-corrected chi connectivity index (χ0v) is 7.61. The number of rotatable bonds is 0. The molecule has 2 heterocycles. The van der Waals surface area contributed by atoms with Gasteiger partial charge in [0, 0.05) is 18.0 Å². The second kappa shape index (κ2) is 2.69. The molecule has 0 saturated carbocycles. The maximum absolute atomic E-state index is 11.1. The van der Waals surface area contributed by atoms with Gasteiger partial charge in [-0.1, -0.05) is 6.07 Å². The number of pyridine rings is 1. The van der Waals surface area contributed by atoms with Gasteiger partial charge in [-0.15, -0.1) is 0 Å². The molecular weight excluding hydrogens is 164 g/mol. The van der Waals surface area contributed by atoms with E-state index in [1.54, 1.807) is 0 Å². The standard InChI is InChI=1S/C10H10N2O/c1-7-3-4-9-11-10(13)5-8(2)12(9)6-7/h3-6H,1-2H3. The lowest BCUT2D eigenvalue weighted by Crippen LogP contribution is -2.10. The van der Waals surface area contributed by atoms with E-state index in [0.717, 1.165) is 11.3 Å². The Morgan fingerprint density at radius 3 is 2.85 bits per heavy atom. The first-order chi connectivity index (χ1) is 6.16. The summed E-state index contributed by atoms with van der Waals surface area (Å²) in [6, 6.07) is 5.33. The molecule has 3 nitrogen and oxygen atoms in total. The van der Waals surface area contributed by atoms with Crippen LogP contribution in [-0.2, 0) is 0 Å². The summed E-state index contributed by atoms with van der Waals surface area (Å²) in [4.78, 5) is 14.9. The van der Waals surface area contributed by atoms with Crippen LogP contribution >= 0.6 is 0 Å². The van der Waals surface area contributed by atoms with Crippen LogP contribution in [0.5, 0.6) is 0 Å². The molecule has 3 heteroatoms. The van der Waals surface area contributed by atoms with Crippen molar-refractivity contribution in [1.29, 1.82) is 0 Å². The van der Waals surface area contributed by atoms with Gasteiger partial charge in [0.1, 0.15) is 5.65 Å². The summed E-state index contributed by atoms with van der Waals surface area (Å²) in [7, 11) is 0. The van der Waals surface area contributed by atoms with E-state index in [9.17, 15) is 4.79 Å². The molecule has 0 fully saturated rings. The van der Waals surface area contributed by atoms with Crippen molar-refractivity contribution in [3.05, 3.63) is 46.0 Å². The lowest BCUT2D eigenvalue weighted by Gasteiger charge is -2.04. The lowest BCUT2D eigenvalue weighted by molar-refractivity contribution is 1.00. The predicted molar refractivity (Wildman–Crippen MR) is 50.9 cm³/mol. The van der Waals surface area contributed by atoms with Gasteiger partial charge in [0.2, 0.25) is 0 Å². The average Bonchev–Trinajstić information content (AvgIpc) is 2.06. The van der Waals surface area contributed by atoms with Crippen molar-refractivity contribution in [3.8, 4) is 0 Å². The van der Waals surface area contributed by atoms with E-state index in [0.29, 0.717) is 5.65 Å². The van der Waals surface area contributed by atoms with Gasteiger partial charge in [-0.05, 0) is 25.5 Å². The summed E-state index contributed by atoms with van der Waals surface area (Å²) in [5.41, 5.74) is 2.59. The molecule has 0 aliphatic heterocycles. The zero-order valence-electron chi connectivity index (χ0n) is 7.61. The highest BCUT2D eigenvalue weighted by molar-refractivity contribution is 5.40. The molecule has 0 saturated heterocycles. The lowest BCUT2D eigenvalue weighted by atomic mass is 10.3. The fourth-order valence-electron chi connectivity index (χ4n) is 1.37. The van der Waals surface area contributed by atoms with Gasteiger partial charge in [0.15, 0.2) is 0 Å². The zero-order chi connectivity index (χ0) is 9.42. The van der Waals surface area contributed by atoms with Crippen LogP contribution in [0.2, 0.25) is 0 Å². The Morgan fingerprint density at radius 1 is 1.31 bits per heavy atom. The molecule has 0 atom stereocenters. The molecule has 66 valence electrons. The van der Waals surface area contributed by atoms with Crippen LogP contribution in [0.25, 0.3) is 5.65 Å².